The fourth-order valence-electron chi connectivity index (χ4n) is 0.921. The molecule has 1 rings (SSSR count). The molecule has 0 heterocycles. The van der Waals surface area contributed by atoms with E-state index in [9.17, 15) is 12.8 Å². The van der Waals surface area contributed by atoms with Gasteiger partial charge in [0.2, 0.25) is 0 Å². The quantitative estimate of drug-likeness (QED) is 0.745. The van der Waals surface area contributed by atoms with Crippen LogP contribution in [0, 0.1) is 0 Å². The number of hydrogen-bond donors (Lipinski definition) is 1. The first kappa shape index (κ1) is 9.88. The Kier molecular flexibility index (Phi) is 2.79. The minimum Gasteiger partial charge on any atom is -0.282 e. The van der Waals surface area contributed by atoms with Gasteiger partial charge in [0, 0.05) is 0 Å². The SMILES string of the molecule is O=S(=O)(O)c1ccccc1/C=C/F. The highest BCUT2D eigenvalue weighted by atomic mass is 32.2. The van der Waals surface area contributed by atoms with Crippen molar-refractivity contribution in [3.63, 3.8) is 0 Å². The van der Waals surface area contributed by atoms with Crippen LogP contribution >= 0.6 is 0 Å². The summed E-state index contributed by atoms with van der Waals surface area (Å²) in [7, 11) is -4.27. The van der Waals surface area contributed by atoms with Crippen LogP contribution in [-0.2, 0) is 10.1 Å². The summed E-state index contributed by atoms with van der Waals surface area (Å²) in [5.74, 6) is 0. The summed E-state index contributed by atoms with van der Waals surface area (Å²) in [6.45, 7) is 0. The zero-order chi connectivity index (χ0) is 9.90. The first-order valence-electron chi connectivity index (χ1n) is 3.39. The van der Waals surface area contributed by atoms with Gasteiger partial charge in [-0.3, -0.25) is 4.55 Å². The Bertz CT molecular complexity index is 423. The Hall–Kier alpha value is -1.20. The Morgan fingerprint density at radius 1 is 1.31 bits per heavy atom. The van der Waals surface area contributed by atoms with Gasteiger partial charge in [0.15, 0.2) is 0 Å². The first-order valence-corrected chi connectivity index (χ1v) is 4.83. The van der Waals surface area contributed by atoms with Gasteiger partial charge in [0.05, 0.1) is 6.33 Å². The highest BCUT2D eigenvalue weighted by Gasteiger charge is 2.12. The van der Waals surface area contributed by atoms with E-state index in [2.05, 4.69) is 0 Å². The van der Waals surface area contributed by atoms with Crippen molar-refractivity contribution in [2.75, 3.05) is 0 Å². The standard InChI is InChI=1S/C8H7FO3S/c9-6-5-7-3-1-2-4-8(7)13(10,11)12/h1-6H,(H,10,11,12)/b6-5+. The van der Waals surface area contributed by atoms with Crippen LogP contribution in [0.3, 0.4) is 0 Å². The van der Waals surface area contributed by atoms with E-state index in [0.29, 0.717) is 0 Å². The van der Waals surface area contributed by atoms with Gasteiger partial charge in [-0.1, -0.05) is 18.2 Å². The van der Waals surface area contributed by atoms with Crippen molar-refractivity contribution >= 4 is 16.2 Å². The molecular weight excluding hydrogens is 195 g/mol. The topological polar surface area (TPSA) is 54.4 Å². The molecule has 70 valence electrons. The van der Waals surface area contributed by atoms with Gasteiger partial charge in [-0.2, -0.15) is 8.42 Å². The van der Waals surface area contributed by atoms with E-state index in [-0.39, 0.29) is 16.8 Å². The molecule has 0 amide bonds. The summed E-state index contributed by atoms with van der Waals surface area (Å²) in [4.78, 5) is -0.302. The monoisotopic (exact) mass is 202 g/mol. The maximum atomic E-state index is 11.8. The lowest BCUT2D eigenvalue weighted by molar-refractivity contribution is 0.483. The van der Waals surface area contributed by atoms with Crippen molar-refractivity contribution in [1.29, 1.82) is 0 Å². The minimum absolute atomic E-state index is 0.118. The Labute approximate surface area is 75.3 Å². The largest absolute Gasteiger partial charge is 0.295 e. The van der Waals surface area contributed by atoms with E-state index in [1.165, 1.54) is 18.2 Å². The lowest BCUT2D eigenvalue weighted by Crippen LogP contribution is -1.99. The van der Waals surface area contributed by atoms with Crippen LogP contribution < -0.4 is 0 Å². The molecule has 3 nitrogen and oxygen atoms in total. The second kappa shape index (κ2) is 3.68. The van der Waals surface area contributed by atoms with Gasteiger partial charge in [0.1, 0.15) is 4.90 Å². The van der Waals surface area contributed by atoms with E-state index in [1.807, 2.05) is 0 Å². The zero-order valence-corrected chi connectivity index (χ0v) is 7.33. The highest BCUT2D eigenvalue weighted by Crippen LogP contribution is 2.16. The van der Waals surface area contributed by atoms with Crippen LogP contribution in [0.25, 0.3) is 6.08 Å². The Balaban J connectivity index is 3.37. The van der Waals surface area contributed by atoms with Gasteiger partial charge in [-0.15, -0.1) is 0 Å². The molecular formula is C8H7FO3S. The van der Waals surface area contributed by atoms with Gasteiger partial charge >= 0.3 is 0 Å². The third-order valence-corrected chi connectivity index (χ3v) is 2.37. The molecule has 0 aliphatic carbocycles. The van der Waals surface area contributed by atoms with E-state index in [4.69, 9.17) is 4.55 Å². The summed E-state index contributed by atoms with van der Waals surface area (Å²) in [6, 6.07) is 5.58. The molecule has 0 saturated carbocycles. The zero-order valence-electron chi connectivity index (χ0n) is 6.51. The van der Waals surface area contributed by atoms with E-state index < -0.39 is 10.1 Å². The predicted octanol–water partition coefficient (Wildman–Crippen LogP) is 1.87. The van der Waals surface area contributed by atoms with Gasteiger partial charge in [-0.05, 0) is 17.7 Å². The summed E-state index contributed by atoms with van der Waals surface area (Å²) in [6.07, 6.45) is 1.17. The molecule has 0 spiro atoms. The molecule has 0 aliphatic heterocycles. The van der Waals surface area contributed by atoms with Crippen LogP contribution in [-0.4, -0.2) is 13.0 Å². The number of hydrogen-bond acceptors (Lipinski definition) is 2. The third-order valence-electron chi connectivity index (χ3n) is 1.44. The molecule has 0 aliphatic rings. The molecule has 1 aromatic carbocycles. The molecule has 13 heavy (non-hydrogen) atoms. The summed E-state index contributed by atoms with van der Waals surface area (Å²) >= 11 is 0. The van der Waals surface area contributed by atoms with Crippen molar-refractivity contribution in [2.24, 2.45) is 0 Å². The minimum atomic E-state index is -4.27. The average molecular weight is 202 g/mol. The molecule has 0 bridgehead atoms. The molecule has 0 saturated heterocycles. The predicted molar refractivity (Wildman–Crippen MR) is 46.4 cm³/mol. The van der Waals surface area contributed by atoms with E-state index >= 15 is 0 Å². The lowest BCUT2D eigenvalue weighted by atomic mass is 10.2. The van der Waals surface area contributed by atoms with Gasteiger partial charge < -0.3 is 0 Å². The molecule has 0 unspecified atom stereocenters. The lowest BCUT2D eigenvalue weighted by Gasteiger charge is -2.00. The van der Waals surface area contributed by atoms with Crippen LogP contribution in [0.1, 0.15) is 5.56 Å². The molecule has 0 atom stereocenters. The Morgan fingerprint density at radius 3 is 2.46 bits per heavy atom. The molecule has 1 N–H and O–H groups in total. The van der Waals surface area contributed by atoms with Crippen molar-refractivity contribution in [1.82, 2.24) is 0 Å². The molecule has 0 radical (unpaired) electrons. The third kappa shape index (κ3) is 2.37. The van der Waals surface area contributed by atoms with Crippen molar-refractivity contribution in [2.45, 2.75) is 4.90 Å². The smallest absolute Gasteiger partial charge is 0.282 e. The van der Waals surface area contributed by atoms with Crippen molar-refractivity contribution in [3.8, 4) is 0 Å². The normalized spacial score (nSPS) is 12.2. The Morgan fingerprint density at radius 2 is 1.92 bits per heavy atom. The molecule has 1 aromatic rings. The highest BCUT2D eigenvalue weighted by molar-refractivity contribution is 7.85. The van der Waals surface area contributed by atoms with E-state index in [0.717, 1.165) is 6.08 Å². The number of rotatable bonds is 2. The van der Waals surface area contributed by atoms with Crippen LogP contribution in [0.2, 0.25) is 0 Å². The van der Waals surface area contributed by atoms with Crippen LogP contribution in [0.15, 0.2) is 35.5 Å². The average Bonchev–Trinajstić information content (AvgIpc) is 2.04. The summed E-state index contributed by atoms with van der Waals surface area (Å²) in [5, 5.41) is 0. The fraction of sp³-hybridized carbons (Fsp3) is 0. The maximum Gasteiger partial charge on any atom is 0.295 e. The second-order valence-corrected chi connectivity index (χ2v) is 3.70. The molecule has 0 fully saturated rings. The summed E-state index contributed by atoms with van der Waals surface area (Å²) < 4.78 is 42.0. The van der Waals surface area contributed by atoms with Crippen LogP contribution in [0.4, 0.5) is 4.39 Å². The van der Waals surface area contributed by atoms with Gasteiger partial charge in [0.25, 0.3) is 10.1 Å². The number of halogens is 1. The van der Waals surface area contributed by atoms with Crippen molar-refractivity contribution in [3.05, 3.63) is 36.2 Å². The van der Waals surface area contributed by atoms with E-state index in [1.54, 1.807) is 6.07 Å². The van der Waals surface area contributed by atoms with Gasteiger partial charge in [-0.25, -0.2) is 4.39 Å². The first-order chi connectivity index (χ1) is 6.05. The maximum absolute atomic E-state index is 11.8. The fourth-order valence-corrected chi connectivity index (χ4v) is 1.61. The second-order valence-electron chi connectivity index (χ2n) is 2.31. The molecule has 5 heteroatoms. The molecule has 0 aromatic heterocycles. The van der Waals surface area contributed by atoms with Crippen LogP contribution in [0.5, 0.6) is 0 Å². The van der Waals surface area contributed by atoms with Crippen molar-refractivity contribution < 1.29 is 17.4 Å². The number of benzene rings is 1. The summed E-state index contributed by atoms with van der Waals surface area (Å²) in [5.41, 5.74) is 0.118.